The molecule has 0 unspecified atom stereocenters. The van der Waals surface area contributed by atoms with E-state index in [1.165, 1.54) is 30.5 Å². The van der Waals surface area contributed by atoms with Gasteiger partial charge in [0.15, 0.2) is 5.76 Å². The number of rotatable bonds is 7. The molecule has 27 heavy (non-hydrogen) atoms. The van der Waals surface area contributed by atoms with Crippen molar-refractivity contribution in [1.82, 2.24) is 9.80 Å². The number of benzene rings is 1. The molecule has 1 aliphatic heterocycles. The summed E-state index contributed by atoms with van der Waals surface area (Å²) < 4.78 is 5.11. The first kappa shape index (κ1) is 18.7. The normalized spacial score (nSPS) is 15.4. The van der Waals surface area contributed by atoms with Crippen molar-refractivity contribution in [3.8, 4) is 0 Å². The van der Waals surface area contributed by atoms with Crippen LogP contribution in [0.25, 0.3) is 0 Å². The number of nitro groups is 1. The Hall–Kier alpha value is -3.04. The molecule has 1 aromatic carbocycles. The van der Waals surface area contributed by atoms with Gasteiger partial charge in [0.05, 0.1) is 24.3 Å². The van der Waals surface area contributed by atoms with Crippen LogP contribution in [0.1, 0.15) is 10.6 Å². The Labute approximate surface area is 155 Å². The summed E-state index contributed by atoms with van der Waals surface area (Å²) in [7, 11) is 0. The third-order valence-electron chi connectivity index (χ3n) is 4.36. The van der Waals surface area contributed by atoms with Crippen LogP contribution in [-0.2, 0) is 4.79 Å². The van der Waals surface area contributed by atoms with Crippen LogP contribution in [0.4, 0.5) is 11.4 Å². The van der Waals surface area contributed by atoms with Crippen LogP contribution in [-0.4, -0.2) is 65.7 Å². The zero-order valence-electron chi connectivity index (χ0n) is 14.7. The van der Waals surface area contributed by atoms with Crippen LogP contribution >= 0.6 is 0 Å². The molecule has 1 amide bonds. The van der Waals surface area contributed by atoms with Crippen molar-refractivity contribution in [2.24, 2.45) is 0 Å². The number of non-ortho nitro benzene ring substituents is 1. The molecule has 142 valence electrons. The van der Waals surface area contributed by atoms with E-state index in [1.807, 2.05) is 9.80 Å². The van der Waals surface area contributed by atoms with Crippen LogP contribution in [0.15, 0.2) is 47.1 Å². The van der Waals surface area contributed by atoms with Gasteiger partial charge in [-0.25, -0.2) is 0 Å². The molecule has 3 rings (SSSR count). The molecule has 9 heteroatoms. The van der Waals surface area contributed by atoms with Crippen molar-refractivity contribution in [2.75, 3.05) is 44.6 Å². The topological polar surface area (TPSA) is 109 Å². The number of hydrogen-bond acceptors (Lipinski definition) is 7. The van der Waals surface area contributed by atoms with Crippen molar-refractivity contribution in [2.45, 2.75) is 0 Å². The number of nitrogens with zero attached hydrogens (tertiary/aromatic N) is 3. The number of Topliss-reactive ketones (excluding diaryl/α,β-unsaturated/α-hetero) is 1. The second-order valence-electron chi connectivity index (χ2n) is 6.30. The van der Waals surface area contributed by atoms with E-state index in [-0.39, 0.29) is 23.9 Å². The zero-order valence-corrected chi connectivity index (χ0v) is 14.7. The summed E-state index contributed by atoms with van der Waals surface area (Å²) in [5.41, 5.74) is 0.501. The average molecular weight is 372 g/mol. The molecule has 0 spiro atoms. The van der Waals surface area contributed by atoms with Crippen molar-refractivity contribution < 1.29 is 18.9 Å². The standard InChI is InChI=1S/C18H20N4O5/c23-16(17-2-1-11-27-17)12-20-7-9-21(10-8-20)13-18(24)19-14-3-5-15(6-4-14)22(25)26/h1-6,11H,7-10,12-13H2,(H,19,24). The molecule has 9 nitrogen and oxygen atoms in total. The number of carbonyl (C=O) groups is 2. The summed E-state index contributed by atoms with van der Waals surface area (Å²) in [5.74, 6) is 0.133. The van der Waals surface area contributed by atoms with Gasteiger partial charge in [-0.15, -0.1) is 0 Å². The number of amides is 1. The van der Waals surface area contributed by atoms with Gasteiger partial charge in [0, 0.05) is 44.0 Å². The third-order valence-corrected chi connectivity index (χ3v) is 4.36. The van der Waals surface area contributed by atoms with Crippen LogP contribution in [0.2, 0.25) is 0 Å². The molecule has 0 radical (unpaired) electrons. The number of anilines is 1. The highest BCUT2D eigenvalue weighted by Gasteiger charge is 2.22. The average Bonchev–Trinajstić information content (AvgIpc) is 3.18. The van der Waals surface area contributed by atoms with E-state index in [2.05, 4.69) is 5.32 Å². The molecule has 2 heterocycles. The third kappa shape index (κ3) is 5.22. The van der Waals surface area contributed by atoms with Gasteiger partial charge in [-0.1, -0.05) is 0 Å². The predicted octanol–water partition coefficient (Wildman–Crippen LogP) is 1.63. The Morgan fingerprint density at radius 1 is 1.04 bits per heavy atom. The molecule has 1 aromatic heterocycles. The lowest BCUT2D eigenvalue weighted by molar-refractivity contribution is -0.384. The van der Waals surface area contributed by atoms with E-state index in [0.717, 1.165) is 0 Å². The SMILES string of the molecule is O=C(CN1CCN(CC(=O)c2ccco2)CC1)Nc1ccc([N+](=O)[O-])cc1. The molecule has 2 aromatic rings. The first-order valence-corrected chi connectivity index (χ1v) is 8.57. The molecule has 0 atom stereocenters. The van der Waals surface area contributed by atoms with Gasteiger partial charge in [0.2, 0.25) is 11.7 Å². The van der Waals surface area contributed by atoms with Crippen molar-refractivity contribution >= 4 is 23.1 Å². The number of piperazine rings is 1. The van der Waals surface area contributed by atoms with E-state index in [9.17, 15) is 19.7 Å². The molecular weight excluding hydrogens is 352 g/mol. The van der Waals surface area contributed by atoms with E-state index < -0.39 is 4.92 Å². The van der Waals surface area contributed by atoms with Gasteiger partial charge in [-0.05, 0) is 24.3 Å². The van der Waals surface area contributed by atoms with Crippen LogP contribution in [0.5, 0.6) is 0 Å². The minimum absolute atomic E-state index is 0.0202. The van der Waals surface area contributed by atoms with Crippen LogP contribution in [0, 0.1) is 10.1 Å². The number of carbonyl (C=O) groups excluding carboxylic acids is 2. The fraction of sp³-hybridized carbons (Fsp3) is 0.333. The highest BCUT2D eigenvalue weighted by molar-refractivity contribution is 5.95. The summed E-state index contributed by atoms with van der Waals surface area (Å²) in [6, 6.07) is 9.06. The number of ketones is 1. The van der Waals surface area contributed by atoms with Gasteiger partial charge in [-0.3, -0.25) is 29.5 Å². The van der Waals surface area contributed by atoms with Crippen molar-refractivity contribution in [1.29, 1.82) is 0 Å². The van der Waals surface area contributed by atoms with Crippen molar-refractivity contribution in [3.05, 3.63) is 58.5 Å². The monoisotopic (exact) mass is 372 g/mol. The lowest BCUT2D eigenvalue weighted by atomic mass is 10.2. The zero-order chi connectivity index (χ0) is 19.2. The smallest absolute Gasteiger partial charge is 0.269 e. The summed E-state index contributed by atoms with van der Waals surface area (Å²) in [6.07, 6.45) is 1.48. The lowest BCUT2D eigenvalue weighted by Gasteiger charge is -2.33. The summed E-state index contributed by atoms with van der Waals surface area (Å²) in [6.45, 7) is 3.28. The Bertz CT molecular complexity index is 796. The first-order chi connectivity index (χ1) is 13.0. The second kappa shape index (κ2) is 8.56. The van der Waals surface area contributed by atoms with Crippen molar-refractivity contribution in [3.63, 3.8) is 0 Å². The Morgan fingerprint density at radius 3 is 2.22 bits per heavy atom. The largest absolute Gasteiger partial charge is 0.461 e. The fourth-order valence-electron chi connectivity index (χ4n) is 2.89. The van der Waals surface area contributed by atoms with Gasteiger partial charge < -0.3 is 9.73 Å². The molecular formula is C18H20N4O5. The second-order valence-corrected chi connectivity index (χ2v) is 6.30. The minimum atomic E-state index is -0.484. The Kier molecular flexibility index (Phi) is 5.94. The van der Waals surface area contributed by atoms with E-state index in [0.29, 0.717) is 44.2 Å². The number of furan rings is 1. The maximum Gasteiger partial charge on any atom is 0.269 e. The highest BCUT2D eigenvalue weighted by Crippen LogP contribution is 2.15. The predicted molar refractivity (Wildman–Crippen MR) is 97.6 cm³/mol. The van der Waals surface area contributed by atoms with Gasteiger partial charge >= 0.3 is 0 Å². The van der Waals surface area contributed by atoms with E-state index in [1.54, 1.807) is 12.1 Å². The van der Waals surface area contributed by atoms with Gasteiger partial charge in [-0.2, -0.15) is 0 Å². The van der Waals surface area contributed by atoms with E-state index in [4.69, 9.17) is 4.42 Å². The maximum atomic E-state index is 12.1. The maximum absolute atomic E-state index is 12.1. The number of hydrogen-bond donors (Lipinski definition) is 1. The molecule has 0 aliphatic carbocycles. The molecule has 0 bridgehead atoms. The molecule has 0 saturated carbocycles. The van der Waals surface area contributed by atoms with Gasteiger partial charge in [0.25, 0.3) is 5.69 Å². The molecule has 1 N–H and O–H groups in total. The Balaban J connectivity index is 1.41. The highest BCUT2D eigenvalue weighted by atomic mass is 16.6. The summed E-state index contributed by atoms with van der Waals surface area (Å²) in [4.78, 5) is 38.4. The number of nitro benzene ring substituents is 1. The molecule has 1 aliphatic rings. The first-order valence-electron chi connectivity index (χ1n) is 8.57. The fourth-order valence-corrected chi connectivity index (χ4v) is 2.89. The van der Waals surface area contributed by atoms with E-state index >= 15 is 0 Å². The number of nitrogens with one attached hydrogen (secondary N) is 1. The van der Waals surface area contributed by atoms with Crippen LogP contribution in [0.3, 0.4) is 0 Å². The quantitative estimate of drug-likeness (QED) is 0.447. The minimum Gasteiger partial charge on any atom is -0.461 e. The molecule has 1 saturated heterocycles. The molecule has 1 fully saturated rings. The Morgan fingerprint density at radius 2 is 1.67 bits per heavy atom. The van der Waals surface area contributed by atoms with Crippen LogP contribution < -0.4 is 5.32 Å². The summed E-state index contributed by atoms with van der Waals surface area (Å²) >= 11 is 0. The van der Waals surface area contributed by atoms with Gasteiger partial charge in [0.1, 0.15) is 0 Å². The summed E-state index contributed by atoms with van der Waals surface area (Å²) in [5, 5.41) is 13.4. The lowest BCUT2D eigenvalue weighted by Crippen LogP contribution is -2.49.